The van der Waals surface area contributed by atoms with E-state index in [0.29, 0.717) is 13.2 Å². The molecule has 3 aromatic carbocycles. The van der Waals surface area contributed by atoms with Crippen molar-refractivity contribution in [1.29, 1.82) is 0 Å². The normalized spacial score (nSPS) is 14.7. The first-order valence-electron chi connectivity index (χ1n) is 17.5. The number of carboxylic acid groups (broad SMARTS) is 1. The van der Waals surface area contributed by atoms with Crippen molar-refractivity contribution in [2.45, 2.75) is 52.1 Å². The summed E-state index contributed by atoms with van der Waals surface area (Å²) in [5, 5.41) is 21.4. The van der Waals surface area contributed by atoms with Gasteiger partial charge in [-0.25, -0.2) is 4.79 Å². The molecule has 2 atom stereocenters. The van der Waals surface area contributed by atoms with Crippen LogP contribution in [-0.4, -0.2) is 111 Å². The quantitative estimate of drug-likeness (QED) is 0.148. The molecule has 51 heavy (non-hydrogen) atoms. The molecule has 1 saturated heterocycles. The minimum absolute atomic E-state index is 0.209. The SMILES string of the molecule is CCC(NCc1ccc(OCCN(CC)CC)c(OC)c1)c1ccc(OCC(O)CN2CCN(c3ccccc3)CC2)cc1.O=C(O)C(F)(F)F. The average Bonchev–Trinajstić information content (AvgIpc) is 3.14. The van der Waals surface area contributed by atoms with E-state index in [-0.39, 0.29) is 12.6 Å². The third kappa shape index (κ3) is 14.2. The number of nitrogens with zero attached hydrogens (tertiary/aromatic N) is 3. The van der Waals surface area contributed by atoms with Crippen LogP contribution >= 0.6 is 0 Å². The minimum Gasteiger partial charge on any atom is -0.493 e. The van der Waals surface area contributed by atoms with Crippen molar-refractivity contribution in [2.75, 3.05) is 77.6 Å². The van der Waals surface area contributed by atoms with Crippen molar-refractivity contribution in [1.82, 2.24) is 15.1 Å². The molecule has 3 aromatic rings. The van der Waals surface area contributed by atoms with Gasteiger partial charge >= 0.3 is 12.1 Å². The van der Waals surface area contributed by atoms with Crippen molar-refractivity contribution in [3.05, 3.63) is 83.9 Å². The van der Waals surface area contributed by atoms with Crippen LogP contribution in [0.4, 0.5) is 18.9 Å². The lowest BCUT2D eigenvalue weighted by molar-refractivity contribution is -0.192. The Kier molecular flexibility index (Phi) is 17.3. The average molecular weight is 719 g/mol. The molecule has 2 unspecified atom stereocenters. The number of likely N-dealkylation sites (N-methyl/N-ethyl adjacent to an activating group) is 1. The number of halogens is 3. The molecule has 0 amide bonds. The molecular formula is C38H53F3N4O6. The highest BCUT2D eigenvalue weighted by Crippen LogP contribution is 2.29. The number of hydrogen-bond donors (Lipinski definition) is 3. The van der Waals surface area contributed by atoms with Gasteiger partial charge in [0.1, 0.15) is 25.1 Å². The molecule has 0 aromatic heterocycles. The fourth-order valence-corrected chi connectivity index (χ4v) is 5.67. The summed E-state index contributed by atoms with van der Waals surface area (Å²) in [7, 11) is 1.69. The minimum atomic E-state index is -5.08. The highest BCUT2D eigenvalue weighted by molar-refractivity contribution is 5.73. The fraction of sp³-hybridized carbons (Fsp3) is 0.500. The van der Waals surface area contributed by atoms with Crippen molar-refractivity contribution < 1.29 is 42.4 Å². The summed E-state index contributed by atoms with van der Waals surface area (Å²) in [6.45, 7) is 15.5. The van der Waals surface area contributed by atoms with E-state index < -0.39 is 18.2 Å². The lowest BCUT2D eigenvalue weighted by atomic mass is 10.0. The Morgan fingerprint density at radius 2 is 1.57 bits per heavy atom. The molecule has 0 saturated carbocycles. The molecule has 3 N–H and O–H groups in total. The molecular weight excluding hydrogens is 665 g/mol. The number of aliphatic carboxylic acids is 1. The highest BCUT2D eigenvalue weighted by atomic mass is 19.4. The largest absolute Gasteiger partial charge is 0.493 e. The standard InChI is InChI=1S/C36H52N4O4.C2HF3O2/c1-5-34(37-26-29-13-18-35(36(25-29)42-4)43-24-23-38(6-2)7-3)30-14-16-33(17-15-30)44-28-32(41)27-39-19-21-40(22-20-39)31-11-9-8-10-12-31;3-2(4,5)1(6)7/h8-18,25,32,34,37,41H,5-7,19-24,26-28H2,1-4H3;(H,6,7). The number of para-hydroxylation sites is 1. The van der Waals surface area contributed by atoms with Crippen LogP contribution in [0, 0.1) is 0 Å². The number of rotatable bonds is 18. The van der Waals surface area contributed by atoms with Gasteiger partial charge in [0, 0.05) is 57.5 Å². The van der Waals surface area contributed by atoms with E-state index in [4.69, 9.17) is 24.1 Å². The van der Waals surface area contributed by atoms with Crippen LogP contribution in [0.5, 0.6) is 17.2 Å². The number of aliphatic hydroxyl groups excluding tert-OH is 1. The number of β-amino-alcohol motifs (C(OH)–C–C–N with tert-alkyl or cyclic N) is 1. The van der Waals surface area contributed by atoms with Crippen LogP contribution in [0.2, 0.25) is 0 Å². The predicted molar refractivity (Wildman–Crippen MR) is 193 cm³/mol. The van der Waals surface area contributed by atoms with Crippen molar-refractivity contribution >= 4 is 11.7 Å². The maximum absolute atomic E-state index is 10.6. The van der Waals surface area contributed by atoms with Crippen LogP contribution < -0.4 is 24.4 Å². The van der Waals surface area contributed by atoms with Gasteiger partial charge in [-0.05, 0) is 67.0 Å². The fourth-order valence-electron chi connectivity index (χ4n) is 5.67. The lowest BCUT2D eigenvalue weighted by Crippen LogP contribution is -2.49. The van der Waals surface area contributed by atoms with Crippen molar-refractivity contribution in [3.63, 3.8) is 0 Å². The van der Waals surface area contributed by atoms with Crippen LogP contribution in [0.3, 0.4) is 0 Å². The smallest absolute Gasteiger partial charge is 0.490 e. The number of aliphatic hydroxyl groups is 1. The van der Waals surface area contributed by atoms with Gasteiger partial charge < -0.3 is 39.5 Å². The van der Waals surface area contributed by atoms with Gasteiger partial charge in [0.05, 0.1) is 7.11 Å². The summed E-state index contributed by atoms with van der Waals surface area (Å²) in [5.41, 5.74) is 3.62. The Balaban J connectivity index is 0.000000908. The molecule has 0 spiro atoms. The molecule has 1 heterocycles. The van der Waals surface area contributed by atoms with E-state index in [1.54, 1.807) is 7.11 Å². The number of hydrogen-bond acceptors (Lipinski definition) is 9. The first-order chi connectivity index (χ1) is 24.5. The number of alkyl halides is 3. The summed E-state index contributed by atoms with van der Waals surface area (Å²) in [6.07, 6.45) is -4.65. The highest BCUT2D eigenvalue weighted by Gasteiger charge is 2.38. The number of methoxy groups -OCH3 is 1. The summed E-state index contributed by atoms with van der Waals surface area (Å²) in [6, 6.07) is 25.1. The van der Waals surface area contributed by atoms with Gasteiger partial charge in [-0.15, -0.1) is 0 Å². The molecule has 10 nitrogen and oxygen atoms in total. The van der Waals surface area contributed by atoms with Crippen LogP contribution in [0.25, 0.3) is 0 Å². The maximum atomic E-state index is 10.6. The summed E-state index contributed by atoms with van der Waals surface area (Å²) in [5.74, 6) is -0.442. The number of carbonyl (C=O) groups is 1. The molecule has 0 bridgehead atoms. The molecule has 1 fully saturated rings. The van der Waals surface area contributed by atoms with E-state index in [1.807, 2.05) is 24.3 Å². The number of piperazine rings is 1. The van der Waals surface area contributed by atoms with Gasteiger partial charge in [-0.2, -0.15) is 13.2 Å². The van der Waals surface area contributed by atoms with E-state index in [1.165, 1.54) is 11.3 Å². The first-order valence-corrected chi connectivity index (χ1v) is 17.5. The monoisotopic (exact) mass is 718 g/mol. The zero-order chi connectivity index (χ0) is 37.2. The number of benzene rings is 3. The summed E-state index contributed by atoms with van der Waals surface area (Å²) < 4.78 is 49.3. The Labute approximate surface area is 299 Å². The van der Waals surface area contributed by atoms with Crippen LogP contribution in [0.1, 0.15) is 44.4 Å². The maximum Gasteiger partial charge on any atom is 0.490 e. The zero-order valence-corrected chi connectivity index (χ0v) is 30.1. The van der Waals surface area contributed by atoms with Crippen molar-refractivity contribution in [2.24, 2.45) is 0 Å². The zero-order valence-electron chi connectivity index (χ0n) is 30.1. The number of carboxylic acids is 1. The van der Waals surface area contributed by atoms with Gasteiger partial charge in [0.15, 0.2) is 11.5 Å². The lowest BCUT2D eigenvalue weighted by Gasteiger charge is -2.36. The Morgan fingerprint density at radius 3 is 2.14 bits per heavy atom. The summed E-state index contributed by atoms with van der Waals surface area (Å²) in [4.78, 5) is 16.0. The Morgan fingerprint density at radius 1 is 0.922 bits per heavy atom. The molecule has 0 aliphatic carbocycles. The molecule has 282 valence electrons. The third-order valence-corrected chi connectivity index (χ3v) is 8.68. The molecule has 0 radical (unpaired) electrons. The first kappa shape index (κ1) is 41.4. The Hall–Kier alpha value is -4.04. The van der Waals surface area contributed by atoms with Gasteiger partial charge in [0.25, 0.3) is 0 Å². The van der Waals surface area contributed by atoms with Gasteiger partial charge in [-0.3, -0.25) is 4.90 Å². The molecule has 4 rings (SSSR count). The predicted octanol–water partition coefficient (Wildman–Crippen LogP) is 5.85. The van der Waals surface area contributed by atoms with E-state index in [0.717, 1.165) is 81.6 Å². The van der Waals surface area contributed by atoms with Crippen molar-refractivity contribution in [3.8, 4) is 17.2 Å². The summed E-state index contributed by atoms with van der Waals surface area (Å²) >= 11 is 0. The van der Waals surface area contributed by atoms with E-state index in [9.17, 15) is 18.3 Å². The number of ether oxygens (including phenoxy) is 3. The third-order valence-electron chi connectivity index (χ3n) is 8.68. The second-order valence-electron chi connectivity index (χ2n) is 12.2. The molecule has 1 aliphatic heterocycles. The van der Waals surface area contributed by atoms with Crippen LogP contribution in [0.15, 0.2) is 72.8 Å². The van der Waals surface area contributed by atoms with Gasteiger partial charge in [0.2, 0.25) is 0 Å². The second-order valence-corrected chi connectivity index (χ2v) is 12.2. The molecule has 1 aliphatic rings. The number of nitrogens with one attached hydrogen (secondary N) is 1. The van der Waals surface area contributed by atoms with Crippen LogP contribution in [-0.2, 0) is 11.3 Å². The second kappa shape index (κ2) is 21.4. The van der Waals surface area contributed by atoms with E-state index in [2.05, 4.69) is 89.3 Å². The number of anilines is 1. The van der Waals surface area contributed by atoms with Gasteiger partial charge in [-0.1, -0.05) is 57.2 Å². The Bertz CT molecular complexity index is 1420. The van der Waals surface area contributed by atoms with E-state index >= 15 is 0 Å². The molecule has 13 heteroatoms. The topological polar surface area (TPSA) is 107 Å².